The summed E-state index contributed by atoms with van der Waals surface area (Å²) in [7, 11) is 0. The van der Waals surface area contributed by atoms with Crippen LogP contribution in [0.1, 0.15) is 38.9 Å². The highest BCUT2D eigenvalue weighted by Crippen LogP contribution is 2.63. The Bertz CT molecular complexity index is 1980. The molecule has 3 heteroatoms. The van der Waals surface area contributed by atoms with Crippen molar-refractivity contribution in [2.24, 2.45) is 0 Å². The van der Waals surface area contributed by atoms with Gasteiger partial charge in [0.2, 0.25) is 0 Å². The van der Waals surface area contributed by atoms with Crippen LogP contribution in [0.2, 0.25) is 0 Å². The molecule has 1 aliphatic heterocycles. The van der Waals surface area contributed by atoms with Crippen LogP contribution in [-0.2, 0) is 5.41 Å². The van der Waals surface area contributed by atoms with Gasteiger partial charge in [0.05, 0.1) is 28.4 Å². The molecule has 40 heavy (non-hydrogen) atoms. The van der Waals surface area contributed by atoms with Crippen LogP contribution in [0.4, 0.5) is 17.1 Å². The highest BCUT2D eigenvalue weighted by atomic mass is 16.3. The first-order valence-corrected chi connectivity index (χ1v) is 13.7. The van der Waals surface area contributed by atoms with Gasteiger partial charge in [0.15, 0.2) is 5.43 Å². The SMILES string of the molecule is Cc1ccc2c(c1)C1(c3ccccc3-c3ccccc31)c1cc(C)ccc1N2c1ccc2occ(C)c(=O)c2c1. The average Bonchev–Trinajstić information content (AvgIpc) is 3.27. The van der Waals surface area contributed by atoms with Crippen molar-refractivity contribution in [3.63, 3.8) is 0 Å². The van der Waals surface area contributed by atoms with Crippen molar-refractivity contribution in [2.75, 3.05) is 4.90 Å². The number of rotatable bonds is 1. The van der Waals surface area contributed by atoms with Gasteiger partial charge in [-0.3, -0.25) is 4.79 Å². The summed E-state index contributed by atoms with van der Waals surface area (Å²) < 4.78 is 5.77. The Morgan fingerprint density at radius 3 is 1.80 bits per heavy atom. The van der Waals surface area contributed by atoms with Crippen LogP contribution in [0, 0.1) is 20.8 Å². The molecule has 0 N–H and O–H groups in total. The second-order valence-corrected chi connectivity index (χ2v) is 11.1. The minimum Gasteiger partial charge on any atom is -0.464 e. The number of fused-ring (bicyclic) bond motifs is 10. The molecule has 6 aromatic rings. The van der Waals surface area contributed by atoms with Gasteiger partial charge in [-0.2, -0.15) is 0 Å². The molecule has 0 fully saturated rings. The molecular formula is C37H27NO2. The fourth-order valence-corrected chi connectivity index (χ4v) is 7.01. The molecule has 1 aliphatic carbocycles. The van der Waals surface area contributed by atoms with Crippen molar-refractivity contribution < 1.29 is 4.42 Å². The summed E-state index contributed by atoms with van der Waals surface area (Å²) >= 11 is 0. The normalized spacial score (nSPS) is 14.1. The highest BCUT2D eigenvalue weighted by molar-refractivity contribution is 5.97. The van der Waals surface area contributed by atoms with Gasteiger partial charge in [-0.25, -0.2) is 0 Å². The van der Waals surface area contributed by atoms with Crippen LogP contribution < -0.4 is 10.3 Å². The average molecular weight is 518 g/mol. The minimum absolute atomic E-state index is 0.00323. The highest BCUT2D eigenvalue weighted by Gasteiger charge is 2.51. The Balaban J connectivity index is 1.52. The van der Waals surface area contributed by atoms with Crippen molar-refractivity contribution in [2.45, 2.75) is 26.2 Å². The van der Waals surface area contributed by atoms with Crippen molar-refractivity contribution in [1.82, 2.24) is 0 Å². The van der Waals surface area contributed by atoms with Crippen molar-refractivity contribution in [1.29, 1.82) is 0 Å². The predicted molar refractivity (Wildman–Crippen MR) is 162 cm³/mol. The second kappa shape index (κ2) is 8.06. The van der Waals surface area contributed by atoms with Gasteiger partial charge in [-0.05, 0) is 84.5 Å². The van der Waals surface area contributed by atoms with Gasteiger partial charge >= 0.3 is 0 Å². The van der Waals surface area contributed by atoms with E-state index in [-0.39, 0.29) is 5.43 Å². The lowest BCUT2D eigenvalue weighted by Gasteiger charge is -2.45. The minimum atomic E-state index is -0.459. The first-order chi connectivity index (χ1) is 19.5. The summed E-state index contributed by atoms with van der Waals surface area (Å²) in [6.07, 6.45) is 1.54. The summed E-state index contributed by atoms with van der Waals surface area (Å²) in [4.78, 5) is 15.5. The molecule has 5 aromatic carbocycles. The van der Waals surface area contributed by atoms with E-state index in [1.807, 2.05) is 12.1 Å². The Morgan fingerprint density at radius 1 is 0.625 bits per heavy atom. The van der Waals surface area contributed by atoms with E-state index in [1.54, 1.807) is 13.2 Å². The van der Waals surface area contributed by atoms with Gasteiger partial charge in [0.1, 0.15) is 5.58 Å². The summed E-state index contributed by atoms with van der Waals surface area (Å²) in [5.74, 6) is 0. The maximum atomic E-state index is 13.1. The third kappa shape index (κ3) is 2.87. The predicted octanol–water partition coefficient (Wildman–Crippen LogP) is 8.86. The molecule has 3 nitrogen and oxygen atoms in total. The van der Waals surface area contributed by atoms with E-state index in [1.165, 1.54) is 44.5 Å². The first kappa shape index (κ1) is 23.0. The third-order valence-corrected chi connectivity index (χ3v) is 8.73. The molecule has 0 bridgehead atoms. The van der Waals surface area contributed by atoms with E-state index in [2.05, 4.69) is 110 Å². The topological polar surface area (TPSA) is 33.5 Å². The molecule has 192 valence electrons. The molecular weight excluding hydrogens is 490 g/mol. The maximum Gasteiger partial charge on any atom is 0.195 e. The molecule has 0 radical (unpaired) electrons. The molecule has 8 rings (SSSR count). The quantitative estimate of drug-likeness (QED) is 0.218. The Morgan fingerprint density at radius 2 is 1.20 bits per heavy atom. The zero-order chi connectivity index (χ0) is 27.2. The maximum absolute atomic E-state index is 13.1. The van der Waals surface area contributed by atoms with Gasteiger partial charge in [0, 0.05) is 11.3 Å². The van der Waals surface area contributed by atoms with Gasteiger partial charge in [-0.15, -0.1) is 0 Å². The Hall–Kier alpha value is -4.89. The third-order valence-electron chi connectivity index (χ3n) is 8.73. The Kier molecular flexibility index (Phi) is 4.64. The van der Waals surface area contributed by atoms with E-state index in [9.17, 15) is 4.79 Å². The lowest BCUT2D eigenvalue weighted by molar-refractivity contribution is 0.597. The number of hydrogen-bond donors (Lipinski definition) is 0. The van der Waals surface area contributed by atoms with Crippen molar-refractivity contribution >= 4 is 28.0 Å². The molecule has 2 heterocycles. The summed E-state index contributed by atoms with van der Waals surface area (Å²) in [6, 6.07) is 37.2. The molecule has 0 amide bonds. The number of benzene rings is 5. The van der Waals surface area contributed by atoms with Gasteiger partial charge in [0.25, 0.3) is 0 Å². The lowest BCUT2D eigenvalue weighted by atomic mass is 9.64. The van der Waals surface area contributed by atoms with Gasteiger partial charge < -0.3 is 9.32 Å². The molecule has 0 atom stereocenters. The fraction of sp³-hybridized carbons (Fsp3) is 0.108. The summed E-state index contributed by atoms with van der Waals surface area (Å²) in [5, 5.41) is 0.594. The van der Waals surface area contributed by atoms with Gasteiger partial charge in [-0.1, -0.05) is 83.9 Å². The number of anilines is 3. The molecule has 0 unspecified atom stereocenters. The van der Waals surface area contributed by atoms with Crippen LogP contribution in [0.25, 0.3) is 22.1 Å². The zero-order valence-electron chi connectivity index (χ0n) is 22.7. The van der Waals surface area contributed by atoms with E-state index >= 15 is 0 Å². The van der Waals surface area contributed by atoms with Crippen LogP contribution in [0.15, 0.2) is 119 Å². The number of aryl methyl sites for hydroxylation is 3. The summed E-state index contributed by atoms with van der Waals surface area (Å²) in [6.45, 7) is 6.13. The molecule has 0 saturated carbocycles. The van der Waals surface area contributed by atoms with Crippen LogP contribution in [0.5, 0.6) is 0 Å². The van der Waals surface area contributed by atoms with Crippen LogP contribution in [-0.4, -0.2) is 0 Å². The van der Waals surface area contributed by atoms with Crippen molar-refractivity contribution in [3.05, 3.63) is 159 Å². The monoisotopic (exact) mass is 517 g/mol. The number of hydrogen-bond acceptors (Lipinski definition) is 3. The van der Waals surface area contributed by atoms with Crippen molar-refractivity contribution in [3.8, 4) is 11.1 Å². The molecule has 1 aromatic heterocycles. The largest absolute Gasteiger partial charge is 0.464 e. The summed E-state index contributed by atoms with van der Waals surface area (Å²) in [5.41, 5.74) is 14.0. The van der Waals surface area contributed by atoms with Crippen LogP contribution >= 0.6 is 0 Å². The Labute approximate surface area is 233 Å². The molecule has 1 spiro atoms. The fourth-order valence-electron chi connectivity index (χ4n) is 7.01. The zero-order valence-corrected chi connectivity index (χ0v) is 22.7. The van der Waals surface area contributed by atoms with E-state index in [0.717, 1.165) is 17.1 Å². The van der Waals surface area contributed by atoms with E-state index in [0.29, 0.717) is 16.5 Å². The standard InChI is InChI=1S/C37H27NO2/c1-22-12-15-33-31(18-22)37(29-10-6-4-8-26(29)27-9-5-7-11-30(27)37)32-19-23(2)13-16-34(32)38(33)25-14-17-35-28(20-25)36(39)24(3)21-40-35/h4-21H,1-3H3. The molecule has 0 saturated heterocycles. The van der Waals surface area contributed by atoms with Crippen LogP contribution in [0.3, 0.4) is 0 Å². The second-order valence-electron chi connectivity index (χ2n) is 11.1. The van der Waals surface area contributed by atoms with E-state index < -0.39 is 5.41 Å². The first-order valence-electron chi connectivity index (χ1n) is 13.7. The molecule has 2 aliphatic rings. The van der Waals surface area contributed by atoms with E-state index in [4.69, 9.17) is 4.42 Å². The smallest absolute Gasteiger partial charge is 0.195 e. The number of nitrogens with zero attached hydrogens (tertiary/aromatic N) is 1. The lowest BCUT2D eigenvalue weighted by Crippen LogP contribution is -2.36.